The van der Waals surface area contributed by atoms with Gasteiger partial charge >= 0.3 is 0 Å². The average Bonchev–Trinajstić information content (AvgIpc) is 3.30. The van der Waals surface area contributed by atoms with E-state index in [-0.39, 0.29) is 12.5 Å². The Morgan fingerprint density at radius 3 is 1.37 bits per heavy atom. The first kappa shape index (κ1) is 65.2. The van der Waals surface area contributed by atoms with Crippen LogP contribution in [0.1, 0.15) is 206 Å². The van der Waals surface area contributed by atoms with E-state index in [1.165, 1.54) is 103 Å². The summed E-state index contributed by atoms with van der Waals surface area (Å²) in [7, 11) is 1.23. The smallest absolute Gasteiger partial charge is 0.268 e. The molecule has 0 aliphatic heterocycles. The number of quaternary nitrogens is 1. The Bertz CT molecular complexity index is 1470. The van der Waals surface area contributed by atoms with Crippen molar-refractivity contribution in [2.75, 3.05) is 40.9 Å². The van der Waals surface area contributed by atoms with E-state index in [2.05, 4.69) is 116 Å². The summed E-state index contributed by atoms with van der Waals surface area (Å²) in [5.74, 6) is -0.215. The fourth-order valence-corrected chi connectivity index (χ4v) is 7.93. The van der Waals surface area contributed by atoms with Crippen LogP contribution in [-0.4, -0.2) is 68.5 Å². The molecule has 68 heavy (non-hydrogen) atoms. The molecule has 1 amide bonds. The van der Waals surface area contributed by atoms with Crippen LogP contribution >= 0.6 is 7.82 Å². The lowest BCUT2D eigenvalue weighted by Crippen LogP contribution is -2.45. The van der Waals surface area contributed by atoms with Crippen LogP contribution in [0.15, 0.2) is 109 Å². The zero-order valence-corrected chi connectivity index (χ0v) is 45.2. The number of hydrogen-bond acceptors (Lipinski definition) is 6. The fraction of sp³-hybridized carbons (Fsp3) is 0.678. The Morgan fingerprint density at radius 1 is 0.529 bits per heavy atom. The van der Waals surface area contributed by atoms with E-state index < -0.39 is 26.6 Å². The van der Waals surface area contributed by atoms with Gasteiger partial charge in [0, 0.05) is 6.42 Å². The van der Waals surface area contributed by atoms with E-state index in [0.29, 0.717) is 17.4 Å². The lowest BCUT2D eigenvalue weighted by atomic mass is 10.0. The summed E-state index contributed by atoms with van der Waals surface area (Å²) in [5, 5.41) is 13.7. The lowest BCUT2D eigenvalue weighted by Gasteiger charge is -2.29. The number of phosphoric acid groups is 1. The van der Waals surface area contributed by atoms with E-state index >= 15 is 0 Å². The lowest BCUT2D eigenvalue weighted by molar-refractivity contribution is -0.870. The molecule has 3 atom stereocenters. The minimum atomic E-state index is -4.60. The molecule has 0 saturated carbocycles. The van der Waals surface area contributed by atoms with Gasteiger partial charge in [-0.3, -0.25) is 9.36 Å². The molecule has 0 rings (SSSR count). The third kappa shape index (κ3) is 51.0. The van der Waals surface area contributed by atoms with Crippen LogP contribution in [0.2, 0.25) is 0 Å². The molecule has 390 valence electrons. The number of nitrogens with zero attached hydrogens (tertiary/aromatic N) is 1. The zero-order valence-electron chi connectivity index (χ0n) is 44.3. The van der Waals surface area contributed by atoms with Crippen LogP contribution in [-0.2, 0) is 18.4 Å². The largest absolute Gasteiger partial charge is 0.756 e. The number of likely N-dealkylation sites (N-methyl/N-ethyl adjacent to an activating group) is 1. The maximum absolute atomic E-state index is 12.9. The Morgan fingerprint density at radius 2 is 0.912 bits per heavy atom. The van der Waals surface area contributed by atoms with Crippen molar-refractivity contribution in [3.8, 4) is 0 Å². The minimum Gasteiger partial charge on any atom is -0.756 e. The van der Waals surface area contributed by atoms with Crippen LogP contribution in [0.25, 0.3) is 0 Å². The molecular formula is C59H103N2O6P. The van der Waals surface area contributed by atoms with E-state index in [4.69, 9.17) is 9.05 Å². The number of amides is 1. The van der Waals surface area contributed by atoms with Crippen LogP contribution in [0.5, 0.6) is 0 Å². The number of aliphatic hydroxyl groups excluding tert-OH is 1. The predicted octanol–water partition coefficient (Wildman–Crippen LogP) is 15.8. The quantitative estimate of drug-likeness (QED) is 0.0272. The van der Waals surface area contributed by atoms with Crippen LogP contribution < -0.4 is 10.2 Å². The Hall–Kier alpha value is -2.84. The van der Waals surface area contributed by atoms with E-state index in [1.807, 2.05) is 27.2 Å². The van der Waals surface area contributed by atoms with Gasteiger partial charge in [-0.2, -0.15) is 0 Å². The molecule has 0 spiro atoms. The van der Waals surface area contributed by atoms with Gasteiger partial charge in [0.15, 0.2) is 0 Å². The van der Waals surface area contributed by atoms with Crippen molar-refractivity contribution in [3.63, 3.8) is 0 Å². The van der Waals surface area contributed by atoms with Gasteiger partial charge in [0.2, 0.25) is 5.91 Å². The first-order chi connectivity index (χ1) is 33.0. The number of phosphoric ester groups is 1. The second kappa shape index (κ2) is 49.2. The molecule has 3 unspecified atom stereocenters. The summed E-state index contributed by atoms with van der Waals surface area (Å²) < 4.78 is 23.2. The summed E-state index contributed by atoms with van der Waals surface area (Å²) >= 11 is 0. The Labute approximate surface area is 419 Å². The summed E-state index contributed by atoms with van der Waals surface area (Å²) in [6, 6.07) is -0.906. The predicted molar refractivity (Wildman–Crippen MR) is 292 cm³/mol. The van der Waals surface area contributed by atoms with Crippen molar-refractivity contribution in [1.29, 1.82) is 0 Å². The topological polar surface area (TPSA) is 108 Å². The van der Waals surface area contributed by atoms with Crippen molar-refractivity contribution in [1.82, 2.24) is 5.32 Å². The second-order valence-electron chi connectivity index (χ2n) is 19.2. The molecular weight excluding hydrogens is 864 g/mol. The molecule has 0 radical (unpaired) electrons. The van der Waals surface area contributed by atoms with Gasteiger partial charge < -0.3 is 28.8 Å². The highest BCUT2D eigenvalue weighted by Gasteiger charge is 2.23. The molecule has 8 nitrogen and oxygen atoms in total. The third-order valence-electron chi connectivity index (χ3n) is 11.5. The van der Waals surface area contributed by atoms with Gasteiger partial charge in [-0.1, -0.05) is 220 Å². The first-order valence-corrected chi connectivity index (χ1v) is 28.7. The number of rotatable bonds is 48. The SMILES string of the molecule is CC/C=C\C/C=C\C/C=C\C/C=C\C/C=C\C/C=C\C/C=C\CCCCCCCCCCCCCCCCCC(=O)NC(COP(=O)([O-])OCC[N+](C)(C)C)C(O)/C=C/CC/C=C/CCCCC. The number of carbonyl (C=O) groups excluding carboxylic acids is 1. The van der Waals surface area contributed by atoms with E-state index in [0.717, 1.165) is 83.5 Å². The van der Waals surface area contributed by atoms with Gasteiger partial charge in [0.1, 0.15) is 13.2 Å². The maximum atomic E-state index is 12.9. The maximum Gasteiger partial charge on any atom is 0.268 e. The normalized spacial score (nSPS) is 14.9. The molecule has 0 aliphatic rings. The zero-order chi connectivity index (χ0) is 49.9. The molecule has 9 heteroatoms. The van der Waals surface area contributed by atoms with E-state index in [1.54, 1.807) is 6.08 Å². The van der Waals surface area contributed by atoms with Crippen molar-refractivity contribution in [2.45, 2.75) is 219 Å². The summed E-state index contributed by atoms with van der Waals surface area (Å²) in [6.07, 6.45) is 71.9. The van der Waals surface area contributed by atoms with Crippen LogP contribution in [0.4, 0.5) is 0 Å². The summed E-state index contributed by atoms with van der Waals surface area (Å²) in [4.78, 5) is 25.3. The Kier molecular flexibility index (Phi) is 47.1. The van der Waals surface area contributed by atoms with Gasteiger partial charge in [0.05, 0.1) is 39.9 Å². The standard InChI is InChI=1S/C59H103N2O6P/c1-6-8-10-12-14-16-17-18-19-20-21-22-23-24-25-26-27-28-29-30-31-32-33-34-35-36-37-38-39-40-41-42-43-45-47-49-51-53-59(63)60-57(56-67-68(64,65)66-55-54-61(3,4)5)58(62)52-50-48-46-44-15-13-11-9-7-2/h8,10,14-16,18-19,21-22,24-25,27-28,30-31,44,50,52,57-58,62H,6-7,9,11-13,17,20,23,26,29,32-43,45-49,51,53-56H2,1-5H3,(H-,60,63,64,65)/b10-8-,16-14-,19-18-,22-21-,25-24-,28-27-,31-30-,44-15+,52-50+. The molecule has 0 aromatic rings. The average molecular weight is 967 g/mol. The molecule has 0 aromatic carbocycles. The summed E-state index contributed by atoms with van der Waals surface area (Å²) in [6.45, 7) is 4.44. The van der Waals surface area contributed by atoms with Gasteiger partial charge in [-0.05, 0) is 89.9 Å². The number of hydrogen-bond donors (Lipinski definition) is 2. The monoisotopic (exact) mass is 967 g/mol. The highest BCUT2D eigenvalue weighted by molar-refractivity contribution is 7.45. The highest BCUT2D eigenvalue weighted by atomic mass is 31.2. The van der Waals surface area contributed by atoms with Gasteiger partial charge in [-0.25, -0.2) is 0 Å². The van der Waals surface area contributed by atoms with Crippen molar-refractivity contribution >= 4 is 13.7 Å². The molecule has 0 fully saturated rings. The van der Waals surface area contributed by atoms with Gasteiger partial charge in [0.25, 0.3) is 7.82 Å². The summed E-state index contributed by atoms with van der Waals surface area (Å²) in [5.41, 5.74) is 0. The number of carbonyl (C=O) groups is 1. The molecule has 0 aliphatic carbocycles. The van der Waals surface area contributed by atoms with E-state index in [9.17, 15) is 19.4 Å². The minimum absolute atomic E-state index is 0.0105. The second-order valence-corrected chi connectivity index (χ2v) is 20.6. The van der Waals surface area contributed by atoms with Crippen molar-refractivity contribution in [2.24, 2.45) is 0 Å². The Balaban J connectivity index is 3.98. The van der Waals surface area contributed by atoms with Crippen molar-refractivity contribution in [3.05, 3.63) is 109 Å². The number of unbranched alkanes of at least 4 members (excludes halogenated alkanes) is 19. The molecule has 0 saturated heterocycles. The first-order valence-electron chi connectivity index (χ1n) is 27.2. The highest BCUT2D eigenvalue weighted by Crippen LogP contribution is 2.38. The fourth-order valence-electron chi connectivity index (χ4n) is 7.21. The van der Waals surface area contributed by atoms with Crippen LogP contribution in [0, 0.1) is 0 Å². The molecule has 2 N–H and O–H groups in total. The van der Waals surface area contributed by atoms with Crippen LogP contribution in [0.3, 0.4) is 0 Å². The number of allylic oxidation sites excluding steroid dienone is 17. The molecule has 0 heterocycles. The van der Waals surface area contributed by atoms with Gasteiger partial charge in [-0.15, -0.1) is 0 Å². The number of nitrogens with one attached hydrogen (secondary N) is 1. The third-order valence-corrected chi connectivity index (χ3v) is 12.4. The molecule has 0 aromatic heterocycles. The molecule has 0 bridgehead atoms. The van der Waals surface area contributed by atoms with Crippen molar-refractivity contribution < 1.29 is 32.9 Å². The number of aliphatic hydroxyl groups is 1.